The summed E-state index contributed by atoms with van der Waals surface area (Å²) in [6, 6.07) is 9.87. The van der Waals surface area contributed by atoms with E-state index in [2.05, 4.69) is 43.0 Å². The monoisotopic (exact) mass is 288 g/mol. The van der Waals surface area contributed by atoms with Crippen LogP contribution in [0, 0.1) is 0 Å². The summed E-state index contributed by atoms with van der Waals surface area (Å²) in [5.41, 5.74) is 8.43. The third-order valence-corrected chi connectivity index (χ3v) is 5.15. The summed E-state index contributed by atoms with van der Waals surface area (Å²) >= 11 is 0. The van der Waals surface area contributed by atoms with E-state index in [4.69, 9.17) is 10.5 Å². The lowest BCUT2D eigenvalue weighted by Gasteiger charge is -2.51. The van der Waals surface area contributed by atoms with E-state index in [1.807, 2.05) is 0 Å². The Bertz CT molecular complexity index is 465. The average Bonchev–Trinajstić information content (AvgIpc) is 2.46. The average molecular weight is 288 g/mol. The van der Waals surface area contributed by atoms with Crippen LogP contribution in [0.4, 0.5) is 5.69 Å². The van der Waals surface area contributed by atoms with Crippen LogP contribution < -0.4 is 10.6 Å². The fourth-order valence-electron chi connectivity index (χ4n) is 3.89. The molecular formula is C18H28N2O. The Morgan fingerprint density at radius 1 is 1.29 bits per heavy atom. The zero-order valence-corrected chi connectivity index (χ0v) is 13.3. The van der Waals surface area contributed by atoms with Gasteiger partial charge in [0, 0.05) is 30.9 Å². The molecule has 1 aliphatic carbocycles. The number of hydrogen-bond acceptors (Lipinski definition) is 3. The molecule has 3 nitrogen and oxygen atoms in total. The van der Waals surface area contributed by atoms with Gasteiger partial charge in [0.05, 0.1) is 5.60 Å². The van der Waals surface area contributed by atoms with Gasteiger partial charge in [-0.3, -0.25) is 0 Å². The van der Waals surface area contributed by atoms with Crippen molar-refractivity contribution in [2.24, 2.45) is 5.73 Å². The Labute approximate surface area is 128 Å². The maximum atomic E-state index is 6.09. The zero-order valence-electron chi connectivity index (χ0n) is 13.3. The third kappa shape index (κ3) is 2.95. The van der Waals surface area contributed by atoms with Crippen molar-refractivity contribution >= 4 is 5.69 Å². The molecule has 3 heteroatoms. The van der Waals surface area contributed by atoms with Crippen molar-refractivity contribution < 1.29 is 4.74 Å². The van der Waals surface area contributed by atoms with E-state index in [9.17, 15) is 0 Å². The van der Waals surface area contributed by atoms with Crippen LogP contribution in [0.5, 0.6) is 0 Å². The van der Waals surface area contributed by atoms with Crippen LogP contribution in [0.15, 0.2) is 24.3 Å². The molecule has 3 rings (SSSR count). The second-order valence-electron chi connectivity index (χ2n) is 6.90. The molecule has 2 aliphatic rings. The van der Waals surface area contributed by atoms with Gasteiger partial charge in [-0.15, -0.1) is 0 Å². The van der Waals surface area contributed by atoms with Gasteiger partial charge in [-0.1, -0.05) is 12.1 Å². The molecule has 1 aromatic carbocycles. The Balaban J connectivity index is 1.79. The summed E-state index contributed by atoms with van der Waals surface area (Å²) in [5, 5.41) is 0. The van der Waals surface area contributed by atoms with Crippen LogP contribution in [0.2, 0.25) is 0 Å². The standard InChI is InChI=1S/C18H28N2O/c1-14(2)20(16-6-4-15(13-19)5-7-16)17-8-11-21-18(12-17)9-3-10-18/h4-7,14,17H,3,8-13,19H2,1-2H3. The molecule has 1 aliphatic heterocycles. The Morgan fingerprint density at radius 3 is 2.52 bits per heavy atom. The van der Waals surface area contributed by atoms with Crippen LogP contribution >= 0.6 is 0 Å². The maximum absolute atomic E-state index is 6.09. The van der Waals surface area contributed by atoms with Crippen molar-refractivity contribution in [3.05, 3.63) is 29.8 Å². The molecule has 0 aromatic heterocycles. The third-order valence-electron chi connectivity index (χ3n) is 5.15. The van der Waals surface area contributed by atoms with Gasteiger partial charge in [0.2, 0.25) is 0 Å². The molecular weight excluding hydrogens is 260 g/mol. The van der Waals surface area contributed by atoms with Crippen LogP contribution in [0.3, 0.4) is 0 Å². The van der Waals surface area contributed by atoms with Gasteiger partial charge < -0.3 is 15.4 Å². The molecule has 0 amide bonds. The highest BCUT2D eigenvalue weighted by Gasteiger charge is 2.44. The fraction of sp³-hybridized carbons (Fsp3) is 0.667. The molecule has 2 fully saturated rings. The summed E-state index contributed by atoms with van der Waals surface area (Å²) in [6.45, 7) is 6.11. The van der Waals surface area contributed by atoms with E-state index < -0.39 is 0 Å². The minimum absolute atomic E-state index is 0.202. The normalized spacial score (nSPS) is 24.1. The van der Waals surface area contributed by atoms with Gasteiger partial charge in [0.15, 0.2) is 0 Å². The van der Waals surface area contributed by atoms with Gasteiger partial charge in [-0.2, -0.15) is 0 Å². The SMILES string of the molecule is CC(C)N(c1ccc(CN)cc1)C1CCOC2(CCC2)C1. The molecule has 1 saturated carbocycles. The molecule has 2 N–H and O–H groups in total. The van der Waals surface area contributed by atoms with Crippen LogP contribution in [-0.4, -0.2) is 24.3 Å². The second kappa shape index (κ2) is 5.98. The molecule has 1 saturated heterocycles. The molecule has 21 heavy (non-hydrogen) atoms. The molecule has 0 bridgehead atoms. The van der Waals surface area contributed by atoms with Crippen LogP contribution in [0.25, 0.3) is 0 Å². The molecule has 1 heterocycles. The first-order valence-electron chi connectivity index (χ1n) is 8.35. The van der Waals surface area contributed by atoms with E-state index in [0.29, 0.717) is 18.6 Å². The summed E-state index contributed by atoms with van der Waals surface area (Å²) < 4.78 is 6.09. The highest BCUT2D eigenvalue weighted by molar-refractivity contribution is 5.49. The second-order valence-corrected chi connectivity index (χ2v) is 6.90. The number of benzene rings is 1. The lowest BCUT2D eigenvalue weighted by atomic mass is 9.73. The summed E-state index contributed by atoms with van der Waals surface area (Å²) in [6.07, 6.45) is 6.16. The van der Waals surface area contributed by atoms with E-state index in [0.717, 1.165) is 13.0 Å². The molecule has 1 atom stereocenters. The number of anilines is 1. The molecule has 1 spiro atoms. The van der Waals surface area contributed by atoms with Crippen molar-refractivity contribution in [1.29, 1.82) is 0 Å². The Kier molecular flexibility index (Phi) is 4.23. The van der Waals surface area contributed by atoms with E-state index >= 15 is 0 Å². The summed E-state index contributed by atoms with van der Waals surface area (Å²) in [7, 11) is 0. The lowest BCUT2D eigenvalue weighted by molar-refractivity contribution is -0.133. The Morgan fingerprint density at radius 2 is 2.00 bits per heavy atom. The Hall–Kier alpha value is -1.06. The van der Waals surface area contributed by atoms with E-state index in [1.54, 1.807) is 0 Å². The van der Waals surface area contributed by atoms with Crippen LogP contribution in [0.1, 0.15) is 51.5 Å². The highest BCUT2D eigenvalue weighted by Crippen LogP contribution is 2.44. The lowest BCUT2D eigenvalue weighted by Crippen LogP contribution is -2.53. The van der Waals surface area contributed by atoms with Crippen molar-refractivity contribution in [2.75, 3.05) is 11.5 Å². The fourth-order valence-corrected chi connectivity index (χ4v) is 3.89. The quantitative estimate of drug-likeness (QED) is 0.922. The minimum atomic E-state index is 0.202. The smallest absolute Gasteiger partial charge is 0.0702 e. The summed E-state index contributed by atoms with van der Waals surface area (Å²) in [5.74, 6) is 0. The molecule has 116 valence electrons. The van der Waals surface area contributed by atoms with E-state index in [-0.39, 0.29) is 5.60 Å². The first-order chi connectivity index (χ1) is 10.1. The first-order valence-corrected chi connectivity index (χ1v) is 8.35. The van der Waals surface area contributed by atoms with Crippen LogP contribution in [-0.2, 0) is 11.3 Å². The predicted molar refractivity (Wildman–Crippen MR) is 87.5 cm³/mol. The van der Waals surface area contributed by atoms with Gasteiger partial charge in [-0.05, 0) is 63.6 Å². The van der Waals surface area contributed by atoms with E-state index in [1.165, 1.54) is 36.9 Å². The first kappa shape index (κ1) is 14.9. The number of ether oxygens (including phenoxy) is 1. The van der Waals surface area contributed by atoms with Crippen molar-refractivity contribution in [2.45, 2.75) is 70.2 Å². The number of hydrogen-bond donors (Lipinski definition) is 1. The molecule has 1 aromatic rings. The zero-order chi connectivity index (χ0) is 14.9. The van der Waals surface area contributed by atoms with Gasteiger partial charge in [0.1, 0.15) is 0 Å². The van der Waals surface area contributed by atoms with Crippen molar-refractivity contribution in [3.63, 3.8) is 0 Å². The minimum Gasteiger partial charge on any atom is -0.375 e. The van der Waals surface area contributed by atoms with Gasteiger partial charge in [0.25, 0.3) is 0 Å². The topological polar surface area (TPSA) is 38.5 Å². The highest BCUT2D eigenvalue weighted by atomic mass is 16.5. The summed E-state index contributed by atoms with van der Waals surface area (Å²) in [4.78, 5) is 2.59. The maximum Gasteiger partial charge on any atom is 0.0702 e. The van der Waals surface area contributed by atoms with Crippen molar-refractivity contribution in [3.8, 4) is 0 Å². The number of nitrogens with zero attached hydrogens (tertiary/aromatic N) is 1. The largest absolute Gasteiger partial charge is 0.375 e. The van der Waals surface area contributed by atoms with Gasteiger partial charge in [-0.25, -0.2) is 0 Å². The van der Waals surface area contributed by atoms with Crippen molar-refractivity contribution in [1.82, 2.24) is 0 Å². The number of nitrogens with two attached hydrogens (primary N) is 1. The molecule has 0 radical (unpaired) electrons. The predicted octanol–water partition coefficient (Wildman–Crippen LogP) is 3.46. The molecule has 1 unspecified atom stereocenters. The van der Waals surface area contributed by atoms with Gasteiger partial charge >= 0.3 is 0 Å². The number of rotatable bonds is 4.